The van der Waals surface area contributed by atoms with Crippen molar-refractivity contribution in [3.63, 3.8) is 0 Å². The zero-order valence-corrected chi connectivity index (χ0v) is 11.4. The molecule has 3 aromatic rings. The Labute approximate surface area is 124 Å². The van der Waals surface area contributed by atoms with E-state index in [1.54, 1.807) is 12.1 Å². The van der Waals surface area contributed by atoms with Crippen LogP contribution in [0.3, 0.4) is 0 Å². The number of aromatic nitrogens is 2. The van der Waals surface area contributed by atoms with Crippen LogP contribution in [0.25, 0.3) is 22.4 Å². The van der Waals surface area contributed by atoms with Gasteiger partial charge in [-0.2, -0.15) is 0 Å². The average molecular weight is 297 g/mol. The largest absolute Gasteiger partial charge is 0.486 e. The number of ether oxygens (including phenoxy) is 2. The van der Waals surface area contributed by atoms with E-state index in [9.17, 15) is 10.1 Å². The van der Waals surface area contributed by atoms with E-state index < -0.39 is 4.92 Å². The molecule has 110 valence electrons. The molecule has 7 nitrogen and oxygen atoms in total. The van der Waals surface area contributed by atoms with Gasteiger partial charge in [-0.15, -0.1) is 0 Å². The number of nitrogens with one attached hydrogen (secondary N) is 1. The third kappa shape index (κ3) is 2.03. The van der Waals surface area contributed by atoms with Crippen LogP contribution < -0.4 is 9.47 Å². The van der Waals surface area contributed by atoms with E-state index in [0.717, 1.165) is 16.6 Å². The first-order valence-corrected chi connectivity index (χ1v) is 6.75. The number of rotatable bonds is 2. The van der Waals surface area contributed by atoms with Gasteiger partial charge in [-0.3, -0.25) is 10.1 Å². The van der Waals surface area contributed by atoms with Gasteiger partial charge in [0.05, 0.1) is 16.0 Å². The Balaban J connectivity index is 1.77. The Hall–Kier alpha value is -3.09. The lowest BCUT2D eigenvalue weighted by Crippen LogP contribution is -2.15. The molecule has 1 N–H and O–H groups in total. The number of hydrogen-bond donors (Lipinski definition) is 1. The summed E-state index contributed by atoms with van der Waals surface area (Å²) in [5, 5.41) is 10.7. The number of nitro groups is 1. The minimum Gasteiger partial charge on any atom is -0.486 e. The standard InChI is InChI=1S/C15H11N3O4/c19-18(20)10-3-1-9(2-4-10)15-16-11-7-13-14(8-12(11)17-15)22-6-5-21-13/h1-4,7-8H,5-6H2,(H,16,17). The molecular formula is C15H11N3O4. The maximum atomic E-state index is 10.7. The summed E-state index contributed by atoms with van der Waals surface area (Å²) in [6.07, 6.45) is 0. The molecule has 0 atom stereocenters. The summed E-state index contributed by atoms with van der Waals surface area (Å²) in [5.41, 5.74) is 2.42. The zero-order chi connectivity index (χ0) is 15.1. The van der Waals surface area contributed by atoms with Crippen molar-refractivity contribution in [2.75, 3.05) is 13.2 Å². The van der Waals surface area contributed by atoms with E-state index >= 15 is 0 Å². The molecule has 0 amide bonds. The van der Waals surface area contributed by atoms with E-state index in [1.807, 2.05) is 12.1 Å². The Bertz CT molecular complexity index is 827. The number of nitrogens with zero attached hydrogens (tertiary/aromatic N) is 2. The maximum Gasteiger partial charge on any atom is 0.269 e. The fourth-order valence-corrected chi connectivity index (χ4v) is 2.42. The van der Waals surface area contributed by atoms with Crippen LogP contribution in [0.1, 0.15) is 0 Å². The highest BCUT2D eigenvalue weighted by atomic mass is 16.6. The topological polar surface area (TPSA) is 90.3 Å². The first-order valence-electron chi connectivity index (χ1n) is 6.75. The molecule has 22 heavy (non-hydrogen) atoms. The molecule has 0 spiro atoms. The van der Waals surface area contributed by atoms with Gasteiger partial charge in [0, 0.05) is 29.8 Å². The van der Waals surface area contributed by atoms with Crippen molar-refractivity contribution in [3.8, 4) is 22.9 Å². The minimum atomic E-state index is -0.425. The number of nitro benzene ring substituents is 1. The van der Waals surface area contributed by atoms with Crippen LogP contribution in [-0.2, 0) is 0 Å². The average Bonchev–Trinajstić information content (AvgIpc) is 2.95. The zero-order valence-electron chi connectivity index (χ0n) is 11.4. The van der Waals surface area contributed by atoms with E-state index in [4.69, 9.17) is 9.47 Å². The van der Waals surface area contributed by atoms with Gasteiger partial charge in [0.2, 0.25) is 0 Å². The number of non-ortho nitro benzene ring substituents is 1. The number of aromatic amines is 1. The van der Waals surface area contributed by atoms with Crippen LogP contribution in [0.5, 0.6) is 11.5 Å². The monoisotopic (exact) mass is 297 g/mol. The van der Waals surface area contributed by atoms with Gasteiger partial charge in [0.1, 0.15) is 19.0 Å². The Kier molecular flexibility index (Phi) is 2.72. The lowest BCUT2D eigenvalue weighted by atomic mass is 10.2. The summed E-state index contributed by atoms with van der Waals surface area (Å²) in [6, 6.07) is 9.94. The first kappa shape index (κ1) is 12.6. The Morgan fingerprint density at radius 1 is 1.09 bits per heavy atom. The van der Waals surface area contributed by atoms with Crippen LogP contribution in [0.2, 0.25) is 0 Å². The highest BCUT2D eigenvalue weighted by Crippen LogP contribution is 2.34. The van der Waals surface area contributed by atoms with Crippen molar-refractivity contribution in [2.45, 2.75) is 0 Å². The molecule has 0 saturated carbocycles. The molecule has 0 fully saturated rings. The molecule has 1 aliphatic rings. The second-order valence-corrected chi connectivity index (χ2v) is 4.90. The maximum absolute atomic E-state index is 10.7. The normalized spacial score (nSPS) is 13.3. The van der Waals surface area contributed by atoms with Crippen molar-refractivity contribution >= 4 is 16.7 Å². The molecule has 2 heterocycles. The number of H-pyrrole nitrogens is 1. The summed E-state index contributed by atoms with van der Waals surface area (Å²) in [5.74, 6) is 2.02. The molecule has 1 aromatic heterocycles. The van der Waals surface area contributed by atoms with Gasteiger partial charge >= 0.3 is 0 Å². The summed E-state index contributed by atoms with van der Waals surface area (Å²) < 4.78 is 11.1. The third-order valence-electron chi connectivity index (χ3n) is 3.50. The van der Waals surface area contributed by atoms with Crippen LogP contribution >= 0.6 is 0 Å². The highest BCUT2D eigenvalue weighted by molar-refractivity contribution is 5.83. The Morgan fingerprint density at radius 3 is 2.45 bits per heavy atom. The number of hydrogen-bond acceptors (Lipinski definition) is 5. The van der Waals surface area contributed by atoms with E-state index in [0.29, 0.717) is 30.5 Å². The van der Waals surface area contributed by atoms with E-state index in [1.165, 1.54) is 12.1 Å². The second-order valence-electron chi connectivity index (χ2n) is 4.90. The molecule has 2 aromatic carbocycles. The molecular weight excluding hydrogens is 286 g/mol. The summed E-state index contributed by atoms with van der Waals surface area (Å²) >= 11 is 0. The third-order valence-corrected chi connectivity index (χ3v) is 3.50. The summed E-state index contributed by atoms with van der Waals surface area (Å²) in [4.78, 5) is 18.0. The lowest BCUT2D eigenvalue weighted by Gasteiger charge is -2.17. The molecule has 0 unspecified atom stereocenters. The first-order chi connectivity index (χ1) is 10.7. The molecule has 0 radical (unpaired) electrons. The molecule has 1 aliphatic heterocycles. The molecule has 0 saturated heterocycles. The van der Waals surface area contributed by atoms with Gasteiger partial charge < -0.3 is 14.5 Å². The van der Waals surface area contributed by atoms with E-state index in [-0.39, 0.29) is 5.69 Å². The quantitative estimate of drug-likeness (QED) is 0.580. The summed E-state index contributed by atoms with van der Waals surface area (Å²) in [7, 11) is 0. The van der Waals surface area contributed by atoms with Crippen molar-refractivity contribution in [1.29, 1.82) is 0 Å². The fraction of sp³-hybridized carbons (Fsp3) is 0.133. The Morgan fingerprint density at radius 2 is 1.77 bits per heavy atom. The summed E-state index contributed by atoms with van der Waals surface area (Å²) in [6.45, 7) is 1.06. The van der Waals surface area contributed by atoms with Crippen molar-refractivity contribution in [1.82, 2.24) is 9.97 Å². The van der Waals surface area contributed by atoms with Crippen LogP contribution in [0, 0.1) is 10.1 Å². The predicted molar refractivity (Wildman–Crippen MR) is 79.2 cm³/mol. The number of imidazole rings is 1. The smallest absolute Gasteiger partial charge is 0.269 e. The van der Waals surface area contributed by atoms with Gasteiger partial charge in [0.15, 0.2) is 11.5 Å². The van der Waals surface area contributed by atoms with Crippen LogP contribution in [0.15, 0.2) is 36.4 Å². The van der Waals surface area contributed by atoms with Crippen molar-refractivity contribution in [3.05, 3.63) is 46.5 Å². The predicted octanol–water partition coefficient (Wildman–Crippen LogP) is 2.91. The van der Waals surface area contributed by atoms with Gasteiger partial charge in [-0.1, -0.05) is 0 Å². The van der Waals surface area contributed by atoms with Gasteiger partial charge in [-0.05, 0) is 12.1 Å². The molecule has 0 bridgehead atoms. The van der Waals surface area contributed by atoms with Crippen molar-refractivity contribution < 1.29 is 14.4 Å². The van der Waals surface area contributed by atoms with Gasteiger partial charge in [-0.25, -0.2) is 4.98 Å². The van der Waals surface area contributed by atoms with Gasteiger partial charge in [0.25, 0.3) is 5.69 Å². The fourth-order valence-electron chi connectivity index (χ4n) is 2.42. The van der Waals surface area contributed by atoms with Crippen molar-refractivity contribution in [2.24, 2.45) is 0 Å². The number of benzene rings is 2. The van der Waals surface area contributed by atoms with E-state index in [2.05, 4.69) is 9.97 Å². The van der Waals surface area contributed by atoms with Crippen LogP contribution in [0.4, 0.5) is 5.69 Å². The lowest BCUT2D eigenvalue weighted by molar-refractivity contribution is -0.384. The molecule has 0 aliphatic carbocycles. The molecule has 4 rings (SSSR count). The number of fused-ring (bicyclic) bond motifs is 2. The van der Waals surface area contributed by atoms with Crippen LogP contribution in [-0.4, -0.2) is 28.1 Å². The molecule has 7 heteroatoms. The SMILES string of the molecule is O=[N+]([O-])c1ccc(-c2nc3cc4c(cc3[nH]2)OCCO4)cc1. The second kappa shape index (κ2) is 4.73. The minimum absolute atomic E-state index is 0.0529. The highest BCUT2D eigenvalue weighted by Gasteiger charge is 2.15.